The van der Waals surface area contributed by atoms with Gasteiger partial charge in [0.1, 0.15) is 5.75 Å². The Kier molecular flexibility index (Phi) is 2.80. The first-order valence-electron chi connectivity index (χ1n) is 4.82. The number of benzene rings is 1. The number of rotatable bonds is 2. The molecule has 0 amide bonds. The summed E-state index contributed by atoms with van der Waals surface area (Å²) < 4.78 is 32.2. The van der Waals surface area contributed by atoms with Crippen LogP contribution in [0.2, 0.25) is 0 Å². The van der Waals surface area contributed by atoms with Gasteiger partial charge < -0.3 is 9.47 Å². The van der Waals surface area contributed by atoms with Crippen molar-refractivity contribution >= 4 is 16.0 Å². The maximum atomic E-state index is 11.3. The van der Waals surface area contributed by atoms with Crippen LogP contribution in [0, 0.1) is 0 Å². The van der Waals surface area contributed by atoms with Gasteiger partial charge in [-0.1, -0.05) is 0 Å². The van der Waals surface area contributed by atoms with Gasteiger partial charge in [-0.05, 0) is 23.8 Å². The van der Waals surface area contributed by atoms with Crippen molar-refractivity contribution in [2.75, 3.05) is 7.11 Å². The highest BCUT2D eigenvalue weighted by molar-refractivity contribution is 7.89. The van der Waals surface area contributed by atoms with Crippen LogP contribution in [0.25, 0.3) is 0 Å². The number of carbonyl (C=O) groups is 1. The first-order valence-corrected chi connectivity index (χ1v) is 6.36. The van der Waals surface area contributed by atoms with Crippen LogP contribution in [0.1, 0.15) is 5.56 Å². The Balaban J connectivity index is 2.31. The highest BCUT2D eigenvalue weighted by Crippen LogP contribution is 2.30. The summed E-state index contributed by atoms with van der Waals surface area (Å²) in [6.45, 7) is 0. The lowest BCUT2D eigenvalue weighted by Gasteiger charge is -2.06. The molecule has 1 atom stereocenters. The van der Waals surface area contributed by atoms with Gasteiger partial charge in [-0.2, -0.15) is 0 Å². The minimum Gasteiger partial charge on any atom is -0.478 e. The van der Waals surface area contributed by atoms with Crippen molar-refractivity contribution in [2.24, 2.45) is 5.14 Å². The molecular weight excluding hydrogens is 246 g/mol. The van der Waals surface area contributed by atoms with Gasteiger partial charge >= 0.3 is 5.97 Å². The maximum Gasteiger partial charge on any atom is 0.347 e. The number of ether oxygens (including phenoxy) is 2. The van der Waals surface area contributed by atoms with E-state index in [0.717, 1.165) is 0 Å². The molecule has 1 aliphatic heterocycles. The minimum atomic E-state index is -3.74. The molecule has 1 unspecified atom stereocenters. The van der Waals surface area contributed by atoms with Crippen molar-refractivity contribution in [2.45, 2.75) is 17.4 Å². The van der Waals surface area contributed by atoms with E-state index in [1.165, 1.54) is 25.3 Å². The van der Waals surface area contributed by atoms with Gasteiger partial charge in [-0.25, -0.2) is 18.4 Å². The third-order valence-corrected chi connectivity index (χ3v) is 3.41. The summed E-state index contributed by atoms with van der Waals surface area (Å²) in [6.07, 6.45) is -0.434. The van der Waals surface area contributed by atoms with E-state index in [4.69, 9.17) is 9.88 Å². The van der Waals surface area contributed by atoms with E-state index in [1.54, 1.807) is 0 Å². The molecule has 0 saturated heterocycles. The molecule has 17 heavy (non-hydrogen) atoms. The van der Waals surface area contributed by atoms with Crippen LogP contribution < -0.4 is 9.88 Å². The Bertz CT molecular complexity index is 566. The molecule has 2 rings (SSSR count). The molecule has 1 aromatic rings. The predicted molar refractivity (Wildman–Crippen MR) is 58.0 cm³/mol. The molecule has 0 aromatic heterocycles. The molecule has 0 bridgehead atoms. The molecule has 0 saturated carbocycles. The lowest BCUT2D eigenvalue weighted by molar-refractivity contribution is -0.147. The highest BCUT2D eigenvalue weighted by atomic mass is 32.2. The average Bonchev–Trinajstić information content (AvgIpc) is 2.69. The standard InChI is InChI=1S/C10H11NO5S/c1-15-10(12)9-5-6-4-7(17(11,13)14)2-3-8(6)16-9/h2-4,9H,5H2,1H3,(H2,11,13,14). The first kappa shape index (κ1) is 11.9. The highest BCUT2D eigenvalue weighted by Gasteiger charge is 2.30. The van der Waals surface area contributed by atoms with Gasteiger partial charge in [0, 0.05) is 6.42 Å². The summed E-state index contributed by atoms with van der Waals surface area (Å²) in [5.41, 5.74) is 0.631. The Morgan fingerprint density at radius 2 is 2.24 bits per heavy atom. The smallest absolute Gasteiger partial charge is 0.347 e. The Morgan fingerprint density at radius 3 is 2.82 bits per heavy atom. The van der Waals surface area contributed by atoms with Crippen LogP contribution in [0.3, 0.4) is 0 Å². The molecule has 0 spiro atoms. The van der Waals surface area contributed by atoms with E-state index in [1.807, 2.05) is 0 Å². The third-order valence-electron chi connectivity index (χ3n) is 2.50. The van der Waals surface area contributed by atoms with E-state index < -0.39 is 22.1 Å². The second-order valence-electron chi connectivity index (χ2n) is 3.65. The number of esters is 1. The lowest BCUT2D eigenvalue weighted by atomic mass is 10.1. The zero-order chi connectivity index (χ0) is 12.6. The van der Waals surface area contributed by atoms with Crippen molar-refractivity contribution in [1.29, 1.82) is 0 Å². The summed E-state index contributed by atoms with van der Waals surface area (Å²) in [5, 5.41) is 5.01. The van der Waals surface area contributed by atoms with Crippen LogP contribution in [-0.2, 0) is 26.0 Å². The summed E-state index contributed by atoms with van der Waals surface area (Å²) in [7, 11) is -2.47. The molecule has 0 fully saturated rings. The monoisotopic (exact) mass is 257 g/mol. The van der Waals surface area contributed by atoms with E-state index in [-0.39, 0.29) is 11.3 Å². The van der Waals surface area contributed by atoms with Crippen LogP contribution >= 0.6 is 0 Å². The number of fused-ring (bicyclic) bond motifs is 1. The molecule has 1 heterocycles. The lowest BCUT2D eigenvalue weighted by Crippen LogP contribution is -2.26. The summed E-state index contributed by atoms with van der Waals surface area (Å²) in [4.78, 5) is 11.3. The first-order chi connectivity index (χ1) is 7.91. The van der Waals surface area contributed by atoms with Gasteiger partial charge in [-0.15, -0.1) is 0 Å². The van der Waals surface area contributed by atoms with E-state index in [9.17, 15) is 13.2 Å². The van der Waals surface area contributed by atoms with Gasteiger partial charge in [-0.3, -0.25) is 0 Å². The molecule has 7 heteroatoms. The normalized spacial score (nSPS) is 18.4. The number of sulfonamides is 1. The van der Waals surface area contributed by atoms with Crippen LogP contribution in [0.4, 0.5) is 0 Å². The minimum absolute atomic E-state index is 0.00497. The fourth-order valence-electron chi connectivity index (χ4n) is 1.66. The summed E-state index contributed by atoms with van der Waals surface area (Å²) in [5.74, 6) is -0.00819. The fourth-order valence-corrected chi connectivity index (χ4v) is 2.23. The van der Waals surface area contributed by atoms with E-state index >= 15 is 0 Å². The number of carbonyl (C=O) groups excluding carboxylic acids is 1. The summed E-state index contributed by atoms with van der Waals surface area (Å²) >= 11 is 0. The van der Waals surface area contributed by atoms with Crippen molar-refractivity contribution in [1.82, 2.24) is 0 Å². The molecule has 92 valence electrons. The van der Waals surface area contributed by atoms with Crippen LogP contribution in [0.15, 0.2) is 23.1 Å². The van der Waals surface area contributed by atoms with Gasteiger partial charge in [0.2, 0.25) is 10.0 Å². The molecular formula is C10H11NO5S. The number of nitrogens with two attached hydrogens (primary N) is 1. The molecule has 6 nitrogen and oxygen atoms in total. The molecule has 1 aliphatic rings. The Hall–Kier alpha value is -1.60. The topological polar surface area (TPSA) is 95.7 Å². The van der Waals surface area contributed by atoms with Crippen LogP contribution in [0.5, 0.6) is 5.75 Å². The molecule has 1 aromatic carbocycles. The predicted octanol–water partition coefficient (Wildman–Crippen LogP) is -0.189. The number of primary sulfonamides is 1. The fraction of sp³-hybridized carbons (Fsp3) is 0.300. The molecule has 0 radical (unpaired) electrons. The number of hydrogen-bond acceptors (Lipinski definition) is 5. The average molecular weight is 257 g/mol. The van der Waals surface area contributed by atoms with Gasteiger partial charge in [0.15, 0.2) is 6.10 Å². The van der Waals surface area contributed by atoms with Gasteiger partial charge in [0.25, 0.3) is 0 Å². The number of methoxy groups -OCH3 is 1. The van der Waals surface area contributed by atoms with Gasteiger partial charge in [0.05, 0.1) is 12.0 Å². The summed E-state index contributed by atoms with van der Waals surface area (Å²) in [6, 6.07) is 4.24. The largest absolute Gasteiger partial charge is 0.478 e. The number of hydrogen-bond donors (Lipinski definition) is 1. The van der Waals surface area contributed by atoms with Crippen molar-refractivity contribution in [3.8, 4) is 5.75 Å². The second kappa shape index (κ2) is 4.01. The maximum absolute atomic E-state index is 11.3. The zero-order valence-electron chi connectivity index (χ0n) is 9.04. The van der Waals surface area contributed by atoms with Crippen LogP contribution in [-0.4, -0.2) is 27.6 Å². The quantitative estimate of drug-likeness (QED) is 0.741. The molecule has 0 aliphatic carbocycles. The van der Waals surface area contributed by atoms with Crippen molar-refractivity contribution < 1.29 is 22.7 Å². The Morgan fingerprint density at radius 1 is 1.53 bits per heavy atom. The third kappa shape index (κ3) is 2.25. The second-order valence-corrected chi connectivity index (χ2v) is 5.21. The molecule has 2 N–H and O–H groups in total. The van der Waals surface area contributed by atoms with Crippen molar-refractivity contribution in [3.05, 3.63) is 23.8 Å². The van der Waals surface area contributed by atoms with E-state index in [2.05, 4.69) is 4.74 Å². The SMILES string of the molecule is COC(=O)C1Cc2cc(S(N)(=O)=O)ccc2O1. The Labute approximate surface area is 98.4 Å². The zero-order valence-corrected chi connectivity index (χ0v) is 9.86. The van der Waals surface area contributed by atoms with E-state index in [0.29, 0.717) is 11.3 Å². The van der Waals surface area contributed by atoms with Crippen molar-refractivity contribution in [3.63, 3.8) is 0 Å².